The highest BCUT2D eigenvalue weighted by molar-refractivity contribution is 5.31. The van der Waals surface area contributed by atoms with Crippen LogP contribution in [0, 0.1) is 6.92 Å². The van der Waals surface area contributed by atoms with Crippen molar-refractivity contribution in [3.05, 3.63) is 29.8 Å². The van der Waals surface area contributed by atoms with E-state index in [9.17, 15) is 5.11 Å². The molecule has 0 radical (unpaired) electrons. The lowest BCUT2D eigenvalue weighted by atomic mass is 10.1. The Morgan fingerprint density at radius 1 is 1.10 bits per heavy atom. The van der Waals surface area contributed by atoms with Gasteiger partial charge in [0.15, 0.2) is 0 Å². The van der Waals surface area contributed by atoms with Crippen molar-refractivity contribution in [2.45, 2.75) is 58.5 Å². The summed E-state index contributed by atoms with van der Waals surface area (Å²) in [6.45, 7) is 6.17. The standard InChI is InChI=1S/C18H31NO2/c1-3-4-5-6-7-10-13-19-14-17(20)15-21-18-12-9-8-11-16(18)2/h8-9,11-12,17,19-20H,3-7,10,13-15H2,1-2H3. The molecule has 0 saturated heterocycles. The molecule has 120 valence electrons. The Morgan fingerprint density at radius 3 is 2.57 bits per heavy atom. The molecule has 0 aliphatic heterocycles. The van der Waals surface area contributed by atoms with Gasteiger partial charge in [-0.3, -0.25) is 0 Å². The number of aliphatic hydroxyl groups excluding tert-OH is 1. The maximum atomic E-state index is 9.89. The first-order valence-electron chi connectivity index (χ1n) is 8.31. The zero-order valence-electron chi connectivity index (χ0n) is 13.6. The monoisotopic (exact) mass is 293 g/mol. The van der Waals surface area contributed by atoms with Crippen LogP contribution in [0.5, 0.6) is 5.75 Å². The average molecular weight is 293 g/mol. The molecule has 0 aliphatic carbocycles. The molecule has 1 rings (SSSR count). The quantitative estimate of drug-likeness (QED) is 0.578. The van der Waals surface area contributed by atoms with Gasteiger partial charge in [-0.05, 0) is 31.5 Å². The van der Waals surface area contributed by atoms with E-state index in [1.807, 2.05) is 31.2 Å². The first-order chi connectivity index (χ1) is 10.2. The van der Waals surface area contributed by atoms with Gasteiger partial charge in [0.2, 0.25) is 0 Å². The molecule has 1 unspecified atom stereocenters. The first-order valence-corrected chi connectivity index (χ1v) is 8.31. The van der Waals surface area contributed by atoms with Crippen molar-refractivity contribution < 1.29 is 9.84 Å². The minimum Gasteiger partial charge on any atom is -0.491 e. The number of hydrogen-bond donors (Lipinski definition) is 2. The highest BCUT2D eigenvalue weighted by atomic mass is 16.5. The zero-order chi connectivity index (χ0) is 15.3. The number of aliphatic hydroxyl groups is 1. The molecule has 1 aromatic carbocycles. The lowest BCUT2D eigenvalue weighted by molar-refractivity contribution is 0.106. The van der Waals surface area contributed by atoms with Crippen LogP contribution in [-0.4, -0.2) is 30.9 Å². The van der Waals surface area contributed by atoms with E-state index in [0.29, 0.717) is 13.2 Å². The van der Waals surface area contributed by atoms with E-state index in [1.165, 1.54) is 38.5 Å². The summed E-state index contributed by atoms with van der Waals surface area (Å²) in [6, 6.07) is 7.89. The van der Waals surface area contributed by atoms with Gasteiger partial charge in [0.05, 0.1) is 0 Å². The SMILES string of the molecule is CCCCCCCCNCC(O)COc1ccccc1C. The van der Waals surface area contributed by atoms with E-state index < -0.39 is 6.10 Å². The summed E-state index contributed by atoms with van der Waals surface area (Å²) < 4.78 is 5.63. The van der Waals surface area contributed by atoms with Crippen LogP contribution < -0.4 is 10.1 Å². The van der Waals surface area contributed by atoms with Crippen molar-refractivity contribution in [1.82, 2.24) is 5.32 Å². The fourth-order valence-electron chi connectivity index (χ4n) is 2.26. The molecule has 3 heteroatoms. The minimum atomic E-state index is -0.454. The van der Waals surface area contributed by atoms with Crippen molar-refractivity contribution >= 4 is 0 Å². The van der Waals surface area contributed by atoms with Crippen LogP contribution in [0.25, 0.3) is 0 Å². The Hall–Kier alpha value is -1.06. The van der Waals surface area contributed by atoms with Crippen LogP contribution in [0.4, 0.5) is 0 Å². The van der Waals surface area contributed by atoms with Crippen molar-refractivity contribution in [3.8, 4) is 5.75 Å². The maximum absolute atomic E-state index is 9.89. The second kappa shape index (κ2) is 11.6. The van der Waals surface area contributed by atoms with E-state index in [-0.39, 0.29) is 0 Å². The third kappa shape index (κ3) is 8.74. The Bertz CT molecular complexity index is 368. The average Bonchev–Trinajstić information content (AvgIpc) is 2.49. The van der Waals surface area contributed by atoms with Gasteiger partial charge in [-0.2, -0.15) is 0 Å². The molecule has 0 amide bonds. The van der Waals surface area contributed by atoms with E-state index in [0.717, 1.165) is 17.9 Å². The summed E-state index contributed by atoms with van der Waals surface area (Å²) in [5.41, 5.74) is 1.10. The van der Waals surface area contributed by atoms with Gasteiger partial charge < -0.3 is 15.2 Å². The molecule has 0 heterocycles. The summed E-state index contributed by atoms with van der Waals surface area (Å²) in [4.78, 5) is 0. The fraction of sp³-hybridized carbons (Fsp3) is 0.667. The Labute approximate surface area is 129 Å². The van der Waals surface area contributed by atoms with Crippen LogP contribution >= 0.6 is 0 Å². The maximum Gasteiger partial charge on any atom is 0.122 e. The predicted molar refractivity (Wildman–Crippen MR) is 88.9 cm³/mol. The number of rotatable bonds is 12. The summed E-state index contributed by atoms with van der Waals surface area (Å²) in [6.07, 6.45) is 7.34. The summed E-state index contributed by atoms with van der Waals surface area (Å²) >= 11 is 0. The van der Waals surface area contributed by atoms with Crippen molar-refractivity contribution in [2.75, 3.05) is 19.7 Å². The zero-order valence-corrected chi connectivity index (χ0v) is 13.6. The fourth-order valence-corrected chi connectivity index (χ4v) is 2.26. The van der Waals surface area contributed by atoms with Crippen molar-refractivity contribution in [1.29, 1.82) is 0 Å². The van der Waals surface area contributed by atoms with Crippen LogP contribution in [0.2, 0.25) is 0 Å². The van der Waals surface area contributed by atoms with Gasteiger partial charge in [-0.15, -0.1) is 0 Å². The number of ether oxygens (including phenoxy) is 1. The smallest absolute Gasteiger partial charge is 0.122 e. The Balaban J connectivity index is 1.99. The summed E-state index contributed by atoms with van der Waals surface area (Å²) in [5, 5.41) is 13.2. The molecule has 0 aromatic heterocycles. The topological polar surface area (TPSA) is 41.5 Å². The van der Waals surface area contributed by atoms with Gasteiger partial charge in [0, 0.05) is 6.54 Å². The normalized spacial score (nSPS) is 12.3. The second-order valence-corrected chi connectivity index (χ2v) is 5.70. The lowest BCUT2D eigenvalue weighted by Crippen LogP contribution is -2.32. The summed E-state index contributed by atoms with van der Waals surface area (Å²) in [5.74, 6) is 0.854. The molecule has 0 saturated carbocycles. The number of benzene rings is 1. The van der Waals surface area contributed by atoms with E-state index in [1.54, 1.807) is 0 Å². The van der Waals surface area contributed by atoms with Crippen LogP contribution in [-0.2, 0) is 0 Å². The molecule has 2 N–H and O–H groups in total. The minimum absolute atomic E-state index is 0.342. The highest BCUT2D eigenvalue weighted by Gasteiger charge is 2.05. The predicted octanol–water partition coefficient (Wildman–Crippen LogP) is 3.68. The van der Waals surface area contributed by atoms with Crippen molar-refractivity contribution in [2.24, 2.45) is 0 Å². The molecule has 0 fully saturated rings. The molecule has 0 aliphatic rings. The lowest BCUT2D eigenvalue weighted by Gasteiger charge is -2.14. The van der Waals surface area contributed by atoms with Crippen molar-refractivity contribution in [3.63, 3.8) is 0 Å². The second-order valence-electron chi connectivity index (χ2n) is 5.70. The van der Waals surface area contributed by atoms with E-state index in [2.05, 4.69) is 12.2 Å². The molecule has 0 spiro atoms. The summed E-state index contributed by atoms with van der Waals surface area (Å²) in [7, 11) is 0. The number of aryl methyl sites for hydroxylation is 1. The first kappa shape index (κ1) is 18.0. The number of nitrogens with one attached hydrogen (secondary N) is 1. The number of hydrogen-bond acceptors (Lipinski definition) is 3. The molecular weight excluding hydrogens is 262 g/mol. The molecule has 0 bridgehead atoms. The molecule has 1 aromatic rings. The molecule has 3 nitrogen and oxygen atoms in total. The van der Waals surface area contributed by atoms with Crippen LogP contribution in [0.1, 0.15) is 51.0 Å². The third-order valence-corrected chi connectivity index (χ3v) is 3.61. The van der Waals surface area contributed by atoms with Gasteiger partial charge in [-0.25, -0.2) is 0 Å². The third-order valence-electron chi connectivity index (χ3n) is 3.61. The Kier molecular flexibility index (Phi) is 9.92. The van der Waals surface area contributed by atoms with Crippen LogP contribution in [0.15, 0.2) is 24.3 Å². The Morgan fingerprint density at radius 2 is 1.81 bits per heavy atom. The molecule has 1 atom stereocenters. The number of unbranched alkanes of at least 4 members (excludes halogenated alkanes) is 5. The van der Waals surface area contributed by atoms with Crippen LogP contribution in [0.3, 0.4) is 0 Å². The highest BCUT2D eigenvalue weighted by Crippen LogP contribution is 2.16. The van der Waals surface area contributed by atoms with Gasteiger partial charge in [0.1, 0.15) is 18.5 Å². The van der Waals surface area contributed by atoms with Gasteiger partial charge in [0.25, 0.3) is 0 Å². The molecular formula is C18H31NO2. The molecule has 21 heavy (non-hydrogen) atoms. The van der Waals surface area contributed by atoms with Gasteiger partial charge >= 0.3 is 0 Å². The van der Waals surface area contributed by atoms with Gasteiger partial charge in [-0.1, -0.05) is 57.2 Å². The number of para-hydroxylation sites is 1. The van der Waals surface area contributed by atoms with E-state index in [4.69, 9.17) is 4.74 Å². The largest absolute Gasteiger partial charge is 0.491 e. The van der Waals surface area contributed by atoms with E-state index >= 15 is 0 Å².